The topological polar surface area (TPSA) is 126 Å². The molecule has 13 heteroatoms. The molecular weight excluding hydrogens is 462 g/mol. The SMILES string of the molecule is CCn1c(Cn2cnc3c2c(=O)n(C)c(=O)n3C)nc2cc(S(=O)(=O)N3CCOCC3)ccc21. The van der Waals surface area contributed by atoms with Crippen LogP contribution in [-0.4, -0.2) is 67.3 Å². The minimum absolute atomic E-state index is 0.186. The summed E-state index contributed by atoms with van der Waals surface area (Å²) in [7, 11) is -0.651. The standard InChI is InChI=1S/C21H25N7O5S/c1-4-28-16-6-5-14(34(31,32)27-7-9-33-10-8-27)11-15(16)23-17(28)12-26-13-22-19-18(26)20(29)25(3)21(30)24(19)2/h5-6,11,13H,4,7-10,12H2,1-3H3. The molecule has 4 aromatic rings. The van der Waals surface area contributed by atoms with E-state index in [2.05, 4.69) is 4.98 Å². The number of rotatable bonds is 5. The second-order valence-corrected chi connectivity index (χ2v) is 10.1. The van der Waals surface area contributed by atoms with E-state index >= 15 is 0 Å². The van der Waals surface area contributed by atoms with Gasteiger partial charge < -0.3 is 13.9 Å². The van der Waals surface area contributed by atoms with Crippen molar-refractivity contribution in [2.24, 2.45) is 14.1 Å². The van der Waals surface area contributed by atoms with Crippen molar-refractivity contribution in [2.45, 2.75) is 24.9 Å². The van der Waals surface area contributed by atoms with Crippen molar-refractivity contribution in [1.29, 1.82) is 0 Å². The second kappa shape index (κ2) is 8.18. The van der Waals surface area contributed by atoms with Gasteiger partial charge in [0, 0.05) is 33.7 Å². The van der Waals surface area contributed by atoms with Gasteiger partial charge in [0.05, 0.1) is 42.0 Å². The van der Waals surface area contributed by atoms with Gasteiger partial charge in [0.2, 0.25) is 10.0 Å². The van der Waals surface area contributed by atoms with Crippen molar-refractivity contribution < 1.29 is 13.2 Å². The van der Waals surface area contributed by atoms with E-state index in [0.717, 1.165) is 10.1 Å². The number of fused-ring (bicyclic) bond motifs is 2. The molecule has 0 aliphatic carbocycles. The van der Waals surface area contributed by atoms with Gasteiger partial charge in [-0.2, -0.15) is 4.31 Å². The fourth-order valence-corrected chi connectivity index (χ4v) is 5.83. The Morgan fingerprint density at radius 3 is 2.53 bits per heavy atom. The lowest BCUT2D eigenvalue weighted by atomic mass is 10.3. The van der Waals surface area contributed by atoms with Crippen molar-refractivity contribution in [3.63, 3.8) is 0 Å². The smallest absolute Gasteiger partial charge is 0.332 e. The largest absolute Gasteiger partial charge is 0.379 e. The predicted molar refractivity (Wildman–Crippen MR) is 124 cm³/mol. The van der Waals surface area contributed by atoms with Gasteiger partial charge in [0.25, 0.3) is 5.56 Å². The minimum atomic E-state index is -3.65. The Bertz CT molecular complexity index is 1640. The van der Waals surface area contributed by atoms with Crippen LogP contribution >= 0.6 is 0 Å². The highest BCUT2D eigenvalue weighted by atomic mass is 32.2. The van der Waals surface area contributed by atoms with Gasteiger partial charge >= 0.3 is 5.69 Å². The van der Waals surface area contributed by atoms with E-state index in [0.29, 0.717) is 55.4 Å². The zero-order valence-corrected chi connectivity index (χ0v) is 19.9. The van der Waals surface area contributed by atoms with Gasteiger partial charge in [-0.05, 0) is 25.1 Å². The molecule has 1 aliphatic heterocycles. The average Bonchev–Trinajstić information content (AvgIpc) is 3.42. The van der Waals surface area contributed by atoms with Gasteiger partial charge in [-0.3, -0.25) is 13.9 Å². The summed E-state index contributed by atoms with van der Waals surface area (Å²) in [6, 6.07) is 4.95. The molecule has 0 amide bonds. The van der Waals surface area contributed by atoms with E-state index in [1.807, 2.05) is 11.5 Å². The highest BCUT2D eigenvalue weighted by molar-refractivity contribution is 7.89. The molecule has 1 aromatic carbocycles. The maximum Gasteiger partial charge on any atom is 0.332 e. The van der Waals surface area contributed by atoms with Gasteiger partial charge in [-0.1, -0.05) is 0 Å². The van der Waals surface area contributed by atoms with Gasteiger partial charge in [0.1, 0.15) is 5.82 Å². The Kier molecular flexibility index (Phi) is 5.41. The van der Waals surface area contributed by atoms with Crippen LogP contribution < -0.4 is 11.2 Å². The lowest BCUT2D eigenvalue weighted by molar-refractivity contribution is 0.0730. The molecule has 5 rings (SSSR count). The van der Waals surface area contributed by atoms with Crippen molar-refractivity contribution in [2.75, 3.05) is 26.3 Å². The first-order valence-corrected chi connectivity index (χ1v) is 12.4. The summed E-state index contributed by atoms with van der Waals surface area (Å²) in [5, 5.41) is 0. The molecule has 34 heavy (non-hydrogen) atoms. The number of hydrogen-bond donors (Lipinski definition) is 0. The average molecular weight is 488 g/mol. The number of aromatic nitrogens is 6. The van der Waals surface area contributed by atoms with Crippen LogP contribution in [0, 0.1) is 0 Å². The third kappa shape index (κ3) is 3.38. The van der Waals surface area contributed by atoms with Crippen LogP contribution in [-0.2, 0) is 41.9 Å². The summed E-state index contributed by atoms with van der Waals surface area (Å²) in [4.78, 5) is 34.2. The lowest BCUT2D eigenvalue weighted by Crippen LogP contribution is -2.40. The molecule has 0 bridgehead atoms. The number of nitrogens with zero attached hydrogens (tertiary/aromatic N) is 7. The Hall–Kier alpha value is -3.29. The molecule has 0 saturated carbocycles. The summed E-state index contributed by atoms with van der Waals surface area (Å²) in [5.41, 5.74) is 1.06. The maximum absolute atomic E-state index is 13.1. The molecule has 0 N–H and O–H groups in total. The molecule has 1 saturated heterocycles. The van der Waals surface area contributed by atoms with E-state index in [1.54, 1.807) is 29.8 Å². The first kappa shape index (κ1) is 22.5. The fourth-order valence-electron chi connectivity index (χ4n) is 4.40. The van der Waals surface area contributed by atoms with E-state index < -0.39 is 21.3 Å². The number of imidazole rings is 2. The lowest BCUT2D eigenvalue weighted by Gasteiger charge is -2.26. The van der Waals surface area contributed by atoms with Gasteiger partial charge in [0.15, 0.2) is 11.2 Å². The van der Waals surface area contributed by atoms with E-state index in [9.17, 15) is 18.0 Å². The van der Waals surface area contributed by atoms with Crippen molar-refractivity contribution in [3.05, 3.63) is 51.2 Å². The monoisotopic (exact) mass is 487 g/mol. The van der Waals surface area contributed by atoms with Crippen LogP contribution in [0.25, 0.3) is 22.2 Å². The molecule has 0 spiro atoms. The van der Waals surface area contributed by atoms with Crippen LogP contribution in [0.3, 0.4) is 0 Å². The summed E-state index contributed by atoms with van der Waals surface area (Å²) in [5.74, 6) is 0.647. The van der Waals surface area contributed by atoms with Crippen molar-refractivity contribution in [1.82, 2.24) is 32.5 Å². The predicted octanol–water partition coefficient (Wildman–Crippen LogP) is -0.127. The molecule has 0 atom stereocenters. The Labute approximate surface area is 194 Å². The zero-order chi connectivity index (χ0) is 24.2. The highest BCUT2D eigenvalue weighted by Crippen LogP contribution is 2.24. The highest BCUT2D eigenvalue weighted by Gasteiger charge is 2.27. The molecule has 3 aromatic heterocycles. The summed E-state index contributed by atoms with van der Waals surface area (Å²) < 4.78 is 38.9. The Balaban J connectivity index is 1.59. The number of ether oxygens (including phenoxy) is 1. The van der Waals surface area contributed by atoms with Crippen LogP contribution in [0.5, 0.6) is 0 Å². The van der Waals surface area contributed by atoms with Gasteiger partial charge in [-0.15, -0.1) is 0 Å². The third-order valence-corrected chi connectivity index (χ3v) is 8.15. The van der Waals surface area contributed by atoms with Crippen LogP contribution in [0.1, 0.15) is 12.7 Å². The summed E-state index contributed by atoms with van der Waals surface area (Å²) >= 11 is 0. The first-order valence-electron chi connectivity index (χ1n) is 10.9. The number of benzene rings is 1. The van der Waals surface area contributed by atoms with E-state index in [1.165, 1.54) is 22.2 Å². The fraction of sp³-hybridized carbons (Fsp3) is 0.429. The number of sulfonamides is 1. The molecule has 0 unspecified atom stereocenters. The van der Waals surface area contributed by atoms with Crippen LogP contribution in [0.15, 0.2) is 39.0 Å². The number of morpholine rings is 1. The van der Waals surface area contributed by atoms with E-state index in [4.69, 9.17) is 9.72 Å². The normalized spacial score (nSPS) is 15.5. The molecule has 1 fully saturated rings. The molecule has 0 radical (unpaired) electrons. The number of hydrogen-bond acceptors (Lipinski definition) is 7. The molecule has 4 heterocycles. The molecule has 180 valence electrons. The van der Waals surface area contributed by atoms with Crippen LogP contribution in [0.2, 0.25) is 0 Å². The van der Waals surface area contributed by atoms with Crippen molar-refractivity contribution >= 4 is 32.2 Å². The second-order valence-electron chi connectivity index (χ2n) is 8.19. The zero-order valence-electron chi connectivity index (χ0n) is 19.1. The maximum atomic E-state index is 13.1. The Morgan fingerprint density at radius 1 is 1.09 bits per heavy atom. The van der Waals surface area contributed by atoms with Gasteiger partial charge in [-0.25, -0.2) is 23.2 Å². The van der Waals surface area contributed by atoms with Crippen molar-refractivity contribution in [3.8, 4) is 0 Å². The molecular formula is C21H25N7O5S. The van der Waals surface area contributed by atoms with E-state index in [-0.39, 0.29) is 11.4 Å². The summed E-state index contributed by atoms with van der Waals surface area (Å²) in [6.45, 7) is 4.20. The Morgan fingerprint density at radius 2 is 1.82 bits per heavy atom. The molecule has 1 aliphatic rings. The minimum Gasteiger partial charge on any atom is -0.379 e. The first-order chi connectivity index (χ1) is 16.2. The summed E-state index contributed by atoms with van der Waals surface area (Å²) in [6.07, 6.45) is 1.51. The quantitative estimate of drug-likeness (QED) is 0.384. The van der Waals surface area contributed by atoms with Crippen LogP contribution in [0.4, 0.5) is 0 Å². The number of aryl methyl sites for hydroxylation is 2. The third-order valence-electron chi connectivity index (χ3n) is 6.25. The molecule has 12 nitrogen and oxygen atoms in total.